The highest BCUT2D eigenvalue weighted by atomic mass is 16.3. The number of rotatable bonds is 1. The van der Waals surface area contributed by atoms with Crippen LogP contribution < -0.4 is 10.3 Å². The third-order valence-electron chi connectivity index (χ3n) is 4.86. The van der Waals surface area contributed by atoms with Gasteiger partial charge >= 0.3 is 0 Å². The summed E-state index contributed by atoms with van der Waals surface area (Å²) in [4.78, 5) is 40.2. The number of para-hydroxylation sites is 1. The first kappa shape index (κ1) is 15.5. The van der Waals surface area contributed by atoms with Gasteiger partial charge in [0.2, 0.25) is 5.43 Å². The average molecular weight is 355 g/mol. The summed E-state index contributed by atoms with van der Waals surface area (Å²) in [5, 5.41) is 0.552. The molecule has 3 aromatic carbocycles. The predicted molar refractivity (Wildman–Crippen MR) is 102 cm³/mol. The maximum atomic E-state index is 13.2. The summed E-state index contributed by atoms with van der Waals surface area (Å²) >= 11 is 0. The van der Waals surface area contributed by atoms with Crippen molar-refractivity contribution >= 4 is 39.4 Å². The second-order valence-corrected chi connectivity index (χ2v) is 6.57. The average Bonchev–Trinajstić information content (AvgIpc) is 2.93. The van der Waals surface area contributed by atoms with Gasteiger partial charge in [0.15, 0.2) is 0 Å². The Balaban J connectivity index is 1.85. The van der Waals surface area contributed by atoms with Crippen molar-refractivity contribution in [2.24, 2.45) is 0 Å². The van der Waals surface area contributed by atoms with Crippen LogP contribution in [-0.4, -0.2) is 11.8 Å². The summed E-state index contributed by atoms with van der Waals surface area (Å²) in [6, 6.07) is 17.1. The topological polar surface area (TPSA) is 67.6 Å². The molecule has 0 unspecified atom stereocenters. The molecule has 2 amide bonds. The smallest absolute Gasteiger partial charge is 0.267 e. The second-order valence-electron chi connectivity index (χ2n) is 6.57. The van der Waals surface area contributed by atoms with Crippen LogP contribution in [0.25, 0.3) is 21.9 Å². The van der Waals surface area contributed by atoms with Gasteiger partial charge in [-0.2, -0.15) is 0 Å². The van der Waals surface area contributed by atoms with Crippen LogP contribution in [0, 0.1) is 6.92 Å². The van der Waals surface area contributed by atoms with E-state index in [9.17, 15) is 14.4 Å². The molecule has 5 nitrogen and oxygen atoms in total. The number of hydrogen-bond acceptors (Lipinski definition) is 4. The van der Waals surface area contributed by atoms with E-state index in [1.54, 1.807) is 54.6 Å². The van der Waals surface area contributed by atoms with Crippen LogP contribution in [0.4, 0.5) is 5.69 Å². The molecular formula is C22H13NO4. The van der Waals surface area contributed by atoms with E-state index < -0.39 is 11.8 Å². The van der Waals surface area contributed by atoms with Crippen LogP contribution in [0.5, 0.6) is 0 Å². The van der Waals surface area contributed by atoms with Crippen molar-refractivity contribution < 1.29 is 14.0 Å². The van der Waals surface area contributed by atoms with Crippen LogP contribution in [0.2, 0.25) is 0 Å². The maximum absolute atomic E-state index is 13.2. The first-order chi connectivity index (χ1) is 13.1. The number of amides is 2. The van der Waals surface area contributed by atoms with E-state index in [0.717, 1.165) is 10.5 Å². The minimum atomic E-state index is -0.508. The highest BCUT2D eigenvalue weighted by molar-refractivity contribution is 6.37. The number of carbonyl (C=O) groups excluding carboxylic acids is 2. The quantitative estimate of drug-likeness (QED) is 0.381. The summed E-state index contributed by atoms with van der Waals surface area (Å²) in [7, 11) is 0. The summed E-state index contributed by atoms with van der Waals surface area (Å²) in [5.74, 6) is -0.946. The number of hydrogen-bond donors (Lipinski definition) is 0. The minimum Gasteiger partial charge on any atom is -0.456 e. The molecule has 0 atom stereocenters. The number of nitrogens with zero attached hydrogens (tertiary/aromatic N) is 1. The molecule has 2 heterocycles. The zero-order valence-electron chi connectivity index (χ0n) is 14.4. The number of imide groups is 1. The van der Waals surface area contributed by atoms with Crippen molar-refractivity contribution in [3.05, 3.63) is 87.6 Å². The normalized spacial score (nSPS) is 13.6. The van der Waals surface area contributed by atoms with E-state index in [1.165, 1.54) is 0 Å². The fraction of sp³-hybridized carbons (Fsp3) is 0.0455. The van der Waals surface area contributed by atoms with Gasteiger partial charge in [-0.3, -0.25) is 14.4 Å². The highest BCUT2D eigenvalue weighted by Crippen LogP contribution is 2.33. The lowest BCUT2D eigenvalue weighted by molar-refractivity contribution is 0.0926. The summed E-state index contributed by atoms with van der Waals surface area (Å²) in [5.41, 5.74) is 2.16. The van der Waals surface area contributed by atoms with Gasteiger partial charge in [0.25, 0.3) is 11.8 Å². The van der Waals surface area contributed by atoms with Crippen molar-refractivity contribution in [1.82, 2.24) is 0 Å². The molecule has 1 aliphatic heterocycles. The van der Waals surface area contributed by atoms with Crippen molar-refractivity contribution in [3.8, 4) is 0 Å². The Morgan fingerprint density at radius 1 is 0.815 bits per heavy atom. The molecule has 0 saturated carbocycles. The van der Waals surface area contributed by atoms with E-state index in [2.05, 4.69) is 0 Å². The molecule has 0 fully saturated rings. The van der Waals surface area contributed by atoms with Gasteiger partial charge in [-0.1, -0.05) is 29.8 Å². The predicted octanol–water partition coefficient (Wildman–Crippen LogP) is 4.06. The number of benzene rings is 3. The molecule has 0 saturated heterocycles. The zero-order chi connectivity index (χ0) is 18.7. The first-order valence-electron chi connectivity index (χ1n) is 8.50. The number of fused-ring (bicyclic) bond motifs is 4. The fourth-order valence-electron chi connectivity index (χ4n) is 3.59. The molecule has 1 aliphatic rings. The molecule has 0 spiro atoms. The van der Waals surface area contributed by atoms with Crippen molar-refractivity contribution in [2.75, 3.05) is 4.90 Å². The SMILES string of the molecule is Cc1ccc2oc3ccc4c(c3c(=O)c2c1)C(=O)N(c1ccccc1)C4=O. The molecule has 27 heavy (non-hydrogen) atoms. The number of carbonyl (C=O) groups is 2. The molecule has 5 heteroatoms. The van der Waals surface area contributed by atoms with Gasteiger partial charge in [-0.25, -0.2) is 4.90 Å². The molecule has 130 valence electrons. The molecule has 0 aliphatic carbocycles. The Morgan fingerprint density at radius 3 is 2.33 bits per heavy atom. The van der Waals surface area contributed by atoms with Gasteiger partial charge in [0, 0.05) is 0 Å². The van der Waals surface area contributed by atoms with Gasteiger partial charge < -0.3 is 4.42 Å². The van der Waals surface area contributed by atoms with Gasteiger partial charge in [0.1, 0.15) is 11.2 Å². The van der Waals surface area contributed by atoms with Crippen LogP contribution in [0.15, 0.2) is 69.9 Å². The fourth-order valence-corrected chi connectivity index (χ4v) is 3.59. The van der Waals surface area contributed by atoms with Gasteiger partial charge in [0.05, 0.1) is 27.6 Å². The zero-order valence-corrected chi connectivity index (χ0v) is 14.4. The third-order valence-corrected chi connectivity index (χ3v) is 4.86. The monoisotopic (exact) mass is 355 g/mol. The van der Waals surface area contributed by atoms with Crippen LogP contribution in [0.1, 0.15) is 26.3 Å². The lowest BCUT2D eigenvalue weighted by Gasteiger charge is -2.13. The summed E-state index contributed by atoms with van der Waals surface area (Å²) in [6.45, 7) is 1.88. The third kappa shape index (κ3) is 2.08. The van der Waals surface area contributed by atoms with Crippen molar-refractivity contribution in [2.45, 2.75) is 6.92 Å². The molecule has 1 aromatic heterocycles. The van der Waals surface area contributed by atoms with Crippen LogP contribution >= 0.6 is 0 Å². The second kappa shape index (κ2) is 5.38. The Hall–Kier alpha value is -3.73. The molecule has 0 bridgehead atoms. The van der Waals surface area contributed by atoms with E-state index in [1.807, 2.05) is 13.0 Å². The van der Waals surface area contributed by atoms with E-state index >= 15 is 0 Å². The van der Waals surface area contributed by atoms with E-state index in [-0.39, 0.29) is 21.9 Å². The lowest BCUT2D eigenvalue weighted by Crippen LogP contribution is -2.29. The Morgan fingerprint density at radius 2 is 1.56 bits per heavy atom. The summed E-state index contributed by atoms with van der Waals surface area (Å²) < 4.78 is 5.85. The Bertz CT molecular complexity index is 1340. The maximum Gasteiger partial charge on any atom is 0.267 e. The Labute approximate surface area is 153 Å². The minimum absolute atomic E-state index is 0.110. The number of aryl methyl sites for hydroxylation is 1. The standard InChI is InChI=1S/C22H13NO4/c1-12-7-9-16-15(11-12)20(24)19-17(27-16)10-8-14-18(19)22(26)23(21(14)25)13-5-3-2-4-6-13/h2-11H,1H3. The largest absolute Gasteiger partial charge is 0.456 e. The molecule has 0 radical (unpaired) electrons. The first-order valence-corrected chi connectivity index (χ1v) is 8.50. The van der Waals surface area contributed by atoms with Crippen LogP contribution in [-0.2, 0) is 0 Å². The molecular weight excluding hydrogens is 342 g/mol. The lowest BCUT2D eigenvalue weighted by atomic mass is 10.0. The summed E-state index contributed by atoms with van der Waals surface area (Å²) in [6.07, 6.45) is 0. The molecule has 5 rings (SSSR count). The van der Waals surface area contributed by atoms with Crippen molar-refractivity contribution in [3.63, 3.8) is 0 Å². The van der Waals surface area contributed by atoms with Gasteiger partial charge in [-0.05, 0) is 43.3 Å². The van der Waals surface area contributed by atoms with E-state index in [0.29, 0.717) is 22.2 Å². The van der Waals surface area contributed by atoms with Crippen molar-refractivity contribution in [1.29, 1.82) is 0 Å². The highest BCUT2D eigenvalue weighted by Gasteiger charge is 2.39. The molecule has 0 N–H and O–H groups in total. The molecule has 4 aromatic rings. The van der Waals surface area contributed by atoms with Gasteiger partial charge in [-0.15, -0.1) is 0 Å². The Kier molecular flexibility index (Phi) is 3.09. The number of anilines is 1. The van der Waals surface area contributed by atoms with E-state index in [4.69, 9.17) is 4.42 Å². The van der Waals surface area contributed by atoms with Crippen LogP contribution in [0.3, 0.4) is 0 Å².